The van der Waals surface area contributed by atoms with Crippen molar-refractivity contribution in [1.82, 2.24) is 10.3 Å². The summed E-state index contributed by atoms with van der Waals surface area (Å²) < 4.78 is 4.68. The molecule has 0 radical (unpaired) electrons. The fourth-order valence-corrected chi connectivity index (χ4v) is 2.28. The van der Waals surface area contributed by atoms with Gasteiger partial charge in [0.1, 0.15) is 5.82 Å². The molecule has 102 valence electrons. The molecule has 2 rings (SSSR count). The predicted octanol–water partition coefficient (Wildman–Crippen LogP) is 0.821. The van der Waals surface area contributed by atoms with Crippen molar-refractivity contribution in [1.29, 1.82) is 0 Å². The van der Waals surface area contributed by atoms with Gasteiger partial charge in [0.15, 0.2) is 0 Å². The summed E-state index contributed by atoms with van der Waals surface area (Å²) in [5.41, 5.74) is 5.88. The highest BCUT2D eigenvalue weighted by Crippen LogP contribution is 2.24. The number of ether oxygens (including phenoxy) is 1. The third-order valence-electron chi connectivity index (χ3n) is 2.60. The summed E-state index contributed by atoms with van der Waals surface area (Å²) in [6.07, 6.45) is 3.58. The second kappa shape index (κ2) is 5.92. The Morgan fingerprint density at radius 1 is 1.58 bits per heavy atom. The van der Waals surface area contributed by atoms with Crippen LogP contribution in [0.1, 0.15) is 23.2 Å². The molecule has 0 saturated heterocycles. The van der Waals surface area contributed by atoms with E-state index in [1.54, 1.807) is 0 Å². The highest BCUT2D eigenvalue weighted by Gasteiger charge is 2.23. The number of hydrogen-bond donors (Lipinski definition) is 2. The maximum Gasteiger partial charge on any atom is 0.339 e. The Labute approximate surface area is 115 Å². The number of amides is 1. The number of thioether (sulfide) groups is 1. The van der Waals surface area contributed by atoms with E-state index < -0.39 is 5.97 Å². The van der Waals surface area contributed by atoms with Crippen LogP contribution in [0, 0.1) is 0 Å². The minimum atomic E-state index is -0.487. The van der Waals surface area contributed by atoms with Crippen molar-refractivity contribution in [2.45, 2.75) is 23.8 Å². The monoisotopic (exact) mass is 281 g/mol. The summed E-state index contributed by atoms with van der Waals surface area (Å²) in [6.45, 7) is 0. The molecule has 1 amide bonds. The standard InChI is InChI=1S/C12H15N3O3S/c1-18-12(17)8-4-10(13)14-5-9(8)19-6-11(16)15-7-2-3-7/h4-5,7H,2-3,6H2,1H3,(H2,13,14)(H,15,16). The molecule has 1 aliphatic rings. The first-order valence-electron chi connectivity index (χ1n) is 5.86. The fraction of sp³-hybridized carbons (Fsp3) is 0.417. The number of esters is 1. The van der Waals surface area contributed by atoms with E-state index in [-0.39, 0.29) is 17.5 Å². The maximum absolute atomic E-state index is 11.6. The summed E-state index contributed by atoms with van der Waals surface area (Å²) in [4.78, 5) is 27.7. The number of rotatable bonds is 5. The van der Waals surface area contributed by atoms with Crippen LogP contribution in [-0.2, 0) is 9.53 Å². The molecule has 0 spiro atoms. The number of nitrogen functional groups attached to an aromatic ring is 1. The number of nitrogens with two attached hydrogens (primary N) is 1. The van der Waals surface area contributed by atoms with Crippen molar-refractivity contribution < 1.29 is 14.3 Å². The first-order valence-corrected chi connectivity index (χ1v) is 6.84. The predicted molar refractivity (Wildman–Crippen MR) is 71.9 cm³/mol. The summed E-state index contributed by atoms with van der Waals surface area (Å²) in [6, 6.07) is 1.78. The molecule has 1 fully saturated rings. The van der Waals surface area contributed by atoms with Crippen LogP contribution in [0.25, 0.3) is 0 Å². The van der Waals surface area contributed by atoms with E-state index in [0.29, 0.717) is 16.5 Å². The highest BCUT2D eigenvalue weighted by atomic mass is 32.2. The van der Waals surface area contributed by atoms with Crippen molar-refractivity contribution in [2.75, 3.05) is 18.6 Å². The van der Waals surface area contributed by atoms with Crippen molar-refractivity contribution in [3.05, 3.63) is 17.8 Å². The second-order valence-corrected chi connectivity index (χ2v) is 5.24. The van der Waals surface area contributed by atoms with Gasteiger partial charge in [-0.15, -0.1) is 11.8 Å². The maximum atomic E-state index is 11.6. The Kier molecular flexibility index (Phi) is 4.26. The topological polar surface area (TPSA) is 94.3 Å². The van der Waals surface area contributed by atoms with Gasteiger partial charge in [-0.25, -0.2) is 9.78 Å². The molecule has 0 atom stereocenters. The van der Waals surface area contributed by atoms with E-state index >= 15 is 0 Å². The Morgan fingerprint density at radius 3 is 2.95 bits per heavy atom. The molecule has 19 heavy (non-hydrogen) atoms. The first-order chi connectivity index (χ1) is 9.10. The summed E-state index contributed by atoms with van der Waals surface area (Å²) in [5, 5.41) is 2.88. The molecule has 0 aromatic carbocycles. The number of nitrogens with one attached hydrogen (secondary N) is 1. The number of anilines is 1. The van der Waals surface area contributed by atoms with Crippen LogP contribution < -0.4 is 11.1 Å². The van der Waals surface area contributed by atoms with Crippen LogP contribution in [0.15, 0.2) is 17.2 Å². The summed E-state index contributed by atoms with van der Waals surface area (Å²) >= 11 is 1.25. The zero-order valence-electron chi connectivity index (χ0n) is 10.5. The van der Waals surface area contributed by atoms with Gasteiger partial charge in [0.05, 0.1) is 18.4 Å². The van der Waals surface area contributed by atoms with Crippen LogP contribution in [0.4, 0.5) is 5.82 Å². The Morgan fingerprint density at radius 2 is 2.32 bits per heavy atom. The molecule has 1 aromatic heterocycles. The van der Waals surface area contributed by atoms with E-state index in [1.165, 1.54) is 31.1 Å². The molecule has 1 aromatic rings. The van der Waals surface area contributed by atoms with Gasteiger partial charge in [-0.3, -0.25) is 4.79 Å². The molecule has 0 bridgehead atoms. The largest absolute Gasteiger partial charge is 0.465 e. The van der Waals surface area contributed by atoms with E-state index in [9.17, 15) is 9.59 Å². The van der Waals surface area contributed by atoms with Gasteiger partial charge in [-0.05, 0) is 18.9 Å². The van der Waals surface area contributed by atoms with Gasteiger partial charge in [-0.2, -0.15) is 0 Å². The van der Waals surface area contributed by atoms with Crippen LogP contribution in [0.2, 0.25) is 0 Å². The lowest BCUT2D eigenvalue weighted by molar-refractivity contribution is -0.118. The molecule has 1 saturated carbocycles. The number of nitrogens with zero attached hydrogens (tertiary/aromatic N) is 1. The molecule has 1 heterocycles. The number of hydrogen-bond acceptors (Lipinski definition) is 6. The van der Waals surface area contributed by atoms with E-state index in [2.05, 4.69) is 15.0 Å². The lowest BCUT2D eigenvalue weighted by Crippen LogP contribution is -2.27. The molecule has 0 unspecified atom stereocenters. The molecule has 3 N–H and O–H groups in total. The van der Waals surface area contributed by atoms with Gasteiger partial charge >= 0.3 is 5.97 Å². The van der Waals surface area contributed by atoms with Crippen LogP contribution in [-0.4, -0.2) is 35.8 Å². The zero-order chi connectivity index (χ0) is 13.8. The SMILES string of the molecule is COC(=O)c1cc(N)ncc1SCC(=O)NC1CC1. The van der Waals surface area contributed by atoms with Crippen LogP contribution in [0.5, 0.6) is 0 Å². The smallest absolute Gasteiger partial charge is 0.339 e. The Balaban J connectivity index is 2.01. The van der Waals surface area contributed by atoms with Crippen molar-refractivity contribution in [3.8, 4) is 0 Å². The van der Waals surface area contributed by atoms with Crippen molar-refractivity contribution in [2.24, 2.45) is 0 Å². The minimum absolute atomic E-state index is 0.0415. The lowest BCUT2D eigenvalue weighted by atomic mass is 10.2. The quantitative estimate of drug-likeness (QED) is 0.613. The normalized spacial score (nSPS) is 13.9. The molecule has 1 aliphatic carbocycles. The minimum Gasteiger partial charge on any atom is -0.465 e. The third kappa shape index (κ3) is 3.85. The van der Waals surface area contributed by atoms with E-state index in [1.807, 2.05) is 0 Å². The average Bonchev–Trinajstić information content (AvgIpc) is 3.20. The zero-order valence-corrected chi connectivity index (χ0v) is 11.3. The van der Waals surface area contributed by atoms with E-state index in [4.69, 9.17) is 5.73 Å². The average molecular weight is 281 g/mol. The molecule has 0 aliphatic heterocycles. The molecular weight excluding hydrogens is 266 g/mol. The van der Waals surface area contributed by atoms with E-state index in [0.717, 1.165) is 12.8 Å². The fourth-order valence-electron chi connectivity index (χ4n) is 1.48. The number of aromatic nitrogens is 1. The van der Waals surface area contributed by atoms with Crippen molar-refractivity contribution >= 4 is 29.5 Å². The first kappa shape index (κ1) is 13.7. The number of methoxy groups -OCH3 is 1. The Bertz CT molecular complexity index is 503. The Hall–Kier alpha value is -1.76. The van der Waals surface area contributed by atoms with Crippen LogP contribution >= 0.6 is 11.8 Å². The number of carbonyl (C=O) groups excluding carboxylic acids is 2. The third-order valence-corrected chi connectivity index (χ3v) is 3.64. The van der Waals surface area contributed by atoms with Gasteiger partial charge in [0.2, 0.25) is 5.91 Å². The number of pyridine rings is 1. The number of carbonyl (C=O) groups is 2. The van der Waals surface area contributed by atoms with Gasteiger partial charge in [-0.1, -0.05) is 0 Å². The van der Waals surface area contributed by atoms with Gasteiger partial charge in [0.25, 0.3) is 0 Å². The highest BCUT2D eigenvalue weighted by molar-refractivity contribution is 8.00. The molecular formula is C12H15N3O3S. The van der Waals surface area contributed by atoms with Crippen LogP contribution in [0.3, 0.4) is 0 Å². The van der Waals surface area contributed by atoms with Crippen molar-refractivity contribution in [3.63, 3.8) is 0 Å². The van der Waals surface area contributed by atoms with Gasteiger partial charge < -0.3 is 15.8 Å². The molecule has 6 nitrogen and oxygen atoms in total. The summed E-state index contributed by atoms with van der Waals surface area (Å²) in [7, 11) is 1.30. The summed E-state index contributed by atoms with van der Waals surface area (Å²) in [5.74, 6) is -0.0435. The molecule has 7 heteroatoms. The lowest BCUT2D eigenvalue weighted by Gasteiger charge is -2.08. The van der Waals surface area contributed by atoms with Gasteiger partial charge in [0, 0.05) is 17.1 Å². The second-order valence-electron chi connectivity index (χ2n) is 4.23.